The zero-order chi connectivity index (χ0) is 6.69. The van der Waals surface area contributed by atoms with Gasteiger partial charge in [0.2, 0.25) is 0 Å². The molecule has 0 spiro atoms. The Morgan fingerprint density at radius 2 is 2.44 bits per heavy atom. The molecule has 0 aromatic heterocycles. The summed E-state index contributed by atoms with van der Waals surface area (Å²) in [6, 6.07) is 0.666. The predicted molar refractivity (Wildman–Crippen MR) is 35.8 cm³/mol. The Hall–Kier alpha value is -0.0800. The summed E-state index contributed by atoms with van der Waals surface area (Å²) < 4.78 is 0. The third kappa shape index (κ3) is 1.66. The van der Waals surface area contributed by atoms with Crippen LogP contribution in [0.15, 0.2) is 0 Å². The normalized spacial score (nSPS) is 29.3. The zero-order valence-electron chi connectivity index (χ0n) is 5.97. The predicted octanol–water partition coefficient (Wildman–Crippen LogP) is 0.901. The van der Waals surface area contributed by atoms with E-state index in [4.69, 9.17) is 0 Å². The Balaban J connectivity index is 2.22. The van der Waals surface area contributed by atoms with Crippen LogP contribution in [0.25, 0.3) is 0 Å². The minimum Gasteiger partial charge on any atom is -0.298 e. The quantitative estimate of drug-likeness (QED) is 0.542. The van der Waals surface area contributed by atoms with Gasteiger partial charge in [-0.3, -0.25) is 4.90 Å². The number of rotatable bonds is 2. The van der Waals surface area contributed by atoms with Crippen molar-refractivity contribution >= 4 is 0 Å². The smallest absolute Gasteiger partial charge is 0.0949 e. The molecule has 2 heteroatoms. The lowest BCUT2D eigenvalue weighted by Gasteiger charge is -2.18. The van der Waals surface area contributed by atoms with E-state index >= 15 is 0 Å². The summed E-state index contributed by atoms with van der Waals surface area (Å²) in [4.78, 5) is 2.27. The maximum absolute atomic E-state index is 10.2. The molecule has 1 radical (unpaired) electrons. The molecule has 0 amide bonds. The molecule has 0 unspecified atom stereocenters. The number of nitrogens with zero attached hydrogens (tertiary/aromatic N) is 1. The lowest BCUT2D eigenvalue weighted by molar-refractivity contribution is 0.137. The van der Waals surface area contributed by atoms with Crippen molar-refractivity contribution in [3.63, 3.8) is 0 Å². The fourth-order valence-corrected chi connectivity index (χ4v) is 1.44. The Morgan fingerprint density at radius 1 is 1.67 bits per heavy atom. The molecule has 1 atom stereocenters. The van der Waals surface area contributed by atoms with Crippen molar-refractivity contribution in [2.45, 2.75) is 25.8 Å². The first-order chi connectivity index (χ1) is 4.34. The van der Waals surface area contributed by atoms with Crippen LogP contribution in [-0.2, 0) is 5.11 Å². The Bertz CT molecular complexity index is 85.0. The van der Waals surface area contributed by atoms with E-state index in [1.165, 1.54) is 12.8 Å². The number of hydrogen-bond donors (Lipinski definition) is 0. The van der Waals surface area contributed by atoms with Crippen LogP contribution in [0.1, 0.15) is 19.8 Å². The molecule has 9 heavy (non-hydrogen) atoms. The molecule has 0 N–H and O–H groups in total. The van der Waals surface area contributed by atoms with E-state index in [1.54, 1.807) is 0 Å². The fraction of sp³-hybridized carbons (Fsp3) is 1.00. The number of likely N-dealkylation sites (tertiary alicyclic amines) is 1. The van der Waals surface area contributed by atoms with Gasteiger partial charge in [-0.2, -0.15) is 0 Å². The van der Waals surface area contributed by atoms with E-state index in [9.17, 15) is 5.11 Å². The minimum absolute atomic E-state index is 0.0599. The summed E-state index contributed by atoms with van der Waals surface area (Å²) in [6.07, 6.45) is 2.56. The lowest BCUT2D eigenvalue weighted by atomic mass is 10.2. The van der Waals surface area contributed by atoms with Crippen LogP contribution < -0.4 is 0 Å². The van der Waals surface area contributed by atoms with Crippen molar-refractivity contribution in [1.29, 1.82) is 0 Å². The van der Waals surface area contributed by atoms with Crippen LogP contribution in [-0.4, -0.2) is 30.6 Å². The van der Waals surface area contributed by atoms with Crippen LogP contribution in [0.5, 0.6) is 0 Å². The van der Waals surface area contributed by atoms with Crippen molar-refractivity contribution in [2.75, 3.05) is 19.7 Å². The van der Waals surface area contributed by atoms with Gasteiger partial charge in [0, 0.05) is 12.6 Å². The summed E-state index contributed by atoms with van der Waals surface area (Å²) in [7, 11) is 0. The standard InChI is InChI=1S/C7H14NO/c1-7-3-2-4-8(7)5-6-9/h7H,2-6H2,1H3/t7-/m1/s1. The van der Waals surface area contributed by atoms with E-state index in [2.05, 4.69) is 11.8 Å². The molecular formula is C7H14NO. The molecule has 0 aromatic rings. The summed E-state index contributed by atoms with van der Waals surface area (Å²) in [6.45, 7) is 4.15. The van der Waals surface area contributed by atoms with Crippen LogP contribution in [0.2, 0.25) is 0 Å². The Kier molecular flexibility index (Phi) is 2.49. The number of hydrogen-bond acceptors (Lipinski definition) is 1. The molecule has 1 saturated heterocycles. The first-order valence-corrected chi connectivity index (χ1v) is 3.66. The second kappa shape index (κ2) is 3.18. The third-order valence-corrected chi connectivity index (χ3v) is 2.07. The monoisotopic (exact) mass is 128 g/mol. The molecular weight excluding hydrogens is 114 g/mol. The molecule has 1 heterocycles. The maximum Gasteiger partial charge on any atom is 0.0949 e. The van der Waals surface area contributed by atoms with Crippen molar-refractivity contribution in [1.82, 2.24) is 4.90 Å². The highest BCUT2D eigenvalue weighted by atomic mass is 16.3. The van der Waals surface area contributed by atoms with Gasteiger partial charge in [0.05, 0.1) is 6.61 Å². The molecule has 53 valence electrons. The molecule has 0 bridgehead atoms. The third-order valence-electron chi connectivity index (χ3n) is 2.07. The largest absolute Gasteiger partial charge is 0.298 e. The van der Waals surface area contributed by atoms with Gasteiger partial charge in [-0.1, -0.05) is 0 Å². The van der Waals surface area contributed by atoms with Crippen molar-refractivity contribution in [3.8, 4) is 0 Å². The van der Waals surface area contributed by atoms with Gasteiger partial charge in [-0.05, 0) is 26.3 Å². The van der Waals surface area contributed by atoms with Gasteiger partial charge in [0.1, 0.15) is 0 Å². The first-order valence-electron chi connectivity index (χ1n) is 3.66. The highest BCUT2D eigenvalue weighted by Gasteiger charge is 2.18. The topological polar surface area (TPSA) is 23.1 Å². The van der Waals surface area contributed by atoms with Gasteiger partial charge in [-0.15, -0.1) is 0 Å². The zero-order valence-corrected chi connectivity index (χ0v) is 5.97. The molecule has 1 fully saturated rings. The Morgan fingerprint density at radius 3 is 2.89 bits per heavy atom. The van der Waals surface area contributed by atoms with Crippen LogP contribution in [0, 0.1) is 0 Å². The minimum atomic E-state index is 0.0599. The molecule has 0 aliphatic carbocycles. The van der Waals surface area contributed by atoms with Gasteiger partial charge < -0.3 is 0 Å². The van der Waals surface area contributed by atoms with Gasteiger partial charge >= 0.3 is 0 Å². The lowest BCUT2D eigenvalue weighted by Crippen LogP contribution is -2.29. The van der Waals surface area contributed by atoms with E-state index in [0.29, 0.717) is 6.04 Å². The molecule has 1 aliphatic rings. The maximum atomic E-state index is 10.2. The highest BCUT2D eigenvalue weighted by Crippen LogP contribution is 2.14. The summed E-state index contributed by atoms with van der Waals surface area (Å²) in [5.41, 5.74) is 0. The molecule has 1 aliphatic heterocycles. The average Bonchev–Trinajstić information content (AvgIpc) is 2.18. The van der Waals surface area contributed by atoms with Gasteiger partial charge in [-0.25, -0.2) is 5.11 Å². The SMILES string of the molecule is C[C@@H]1CCCN1CC[O]. The van der Waals surface area contributed by atoms with Crippen molar-refractivity contribution in [2.24, 2.45) is 0 Å². The van der Waals surface area contributed by atoms with E-state index in [1.807, 2.05) is 0 Å². The molecule has 1 rings (SSSR count). The van der Waals surface area contributed by atoms with Crippen LogP contribution in [0.4, 0.5) is 0 Å². The molecule has 0 saturated carbocycles. The molecule has 0 aromatic carbocycles. The van der Waals surface area contributed by atoms with Crippen molar-refractivity contribution in [3.05, 3.63) is 0 Å². The van der Waals surface area contributed by atoms with Gasteiger partial charge in [0.15, 0.2) is 0 Å². The average molecular weight is 128 g/mol. The fourth-order valence-electron chi connectivity index (χ4n) is 1.44. The van der Waals surface area contributed by atoms with Gasteiger partial charge in [0.25, 0.3) is 0 Å². The molecule has 2 nitrogen and oxygen atoms in total. The van der Waals surface area contributed by atoms with E-state index < -0.39 is 0 Å². The van der Waals surface area contributed by atoms with Crippen LogP contribution in [0.3, 0.4) is 0 Å². The summed E-state index contributed by atoms with van der Waals surface area (Å²) in [5, 5.41) is 10.2. The van der Waals surface area contributed by atoms with E-state index in [-0.39, 0.29) is 6.61 Å². The first kappa shape index (κ1) is 7.03. The summed E-state index contributed by atoms with van der Waals surface area (Å²) >= 11 is 0. The van der Waals surface area contributed by atoms with Crippen molar-refractivity contribution < 1.29 is 5.11 Å². The Labute approximate surface area is 56.5 Å². The highest BCUT2D eigenvalue weighted by molar-refractivity contribution is 4.74. The van der Waals surface area contributed by atoms with Crippen LogP contribution >= 0.6 is 0 Å². The second-order valence-corrected chi connectivity index (χ2v) is 2.73. The second-order valence-electron chi connectivity index (χ2n) is 2.73. The summed E-state index contributed by atoms with van der Waals surface area (Å²) in [5.74, 6) is 0. The van der Waals surface area contributed by atoms with E-state index in [0.717, 1.165) is 13.1 Å².